The maximum absolute atomic E-state index is 12.9. The van der Waals surface area contributed by atoms with Gasteiger partial charge in [-0.05, 0) is 25.0 Å². The number of aromatic nitrogens is 2. The first-order chi connectivity index (χ1) is 13.1. The molecule has 142 valence electrons. The van der Waals surface area contributed by atoms with Gasteiger partial charge in [0.2, 0.25) is 23.5 Å². The summed E-state index contributed by atoms with van der Waals surface area (Å²) in [4.78, 5) is 33.4. The molecule has 2 fully saturated rings. The number of benzene rings is 1. The molecule has 0 aliphatic carbocycles. The van der Waals surface area contributed by atoms with E-state index in [1.165, 1.54) is 12.8 Å². The highest BCUT2D eigenvalue weighted by molar-refractivity contribution is 6.00. The van der Waals surface area contributed by atoms with E-state index in [-0.39, 0.29) is 24.2 Å². The van der Waals surface area contributed by atoms with Gasteiger partial charge in [-0.3, -0.25) is 9.59 Å². The molecule has 1 aromatic carbocycles. The van der Waals surface area contributed by atoms with Crippen molar-refractivity contribution in [2.24, 2.45) is 5.92 Å². The van der Waals surface area contributed by atoms with Gasteiger partial charge in [0.15, 0.2) is 0 Å². The Morgan fingerprint density at radius 1 is 1.19 bits per heavy atom. The molecule has 0 bridgehead atoms. The molecule has 4 rings (SSSR count). The van der Waals surface area contributed by atoms with Gasteiger partial charge in [-0.1, -0.05) is 30.1 Å². The average Bonchev–Trinajstić information content (AvgIpc) is 3.17. The molecule has 3 heterocycles. The Morgan fingerprint density at radius 2 is 1.96 bits per heavy atom. The summed E-state index contributed by atoms with van der Waals surface area (Å²) >= 11 is 0. The summed E-state index contributed by atoms with van der Waals surface area (Å²) in [7, 11) is 0. The predicted octanol–water partition coefficient (Wildman–Crippen LogP) is 2.80. The summed E-state index contributed by atoms with van der Waals surface area (Å²) in [5.74, 6) is 0.850. The van der Waals surface area contributed by atoms with Gasteiger partial charge in [-0.2, -0.15) is 4.98 Å². The van der Waals surface area contributed by atoms with Crippen LogP contribution in [-0.4, -0.2) is 46.5 Å². The highest BCUT2D eigenvalue weighted by Crippen LogP contribution is 2.29. The summed E-state index contributed by atoms with van der Waals surface area (Å²) in [5, 5.41) is 3.94. The molecule has 2 saturated heterocycles. The van der Waals surface area contributed by atoms with E-state index in [0.717, 1.165) is 37.2 Å². The van der Waals surface area contributed by atoms with Crippen LogP contribution < -0.4 is 4.90 Å². The van der Waals surface area contributed by atoms with E-state index in [1.54, 1.807) is 11.8 Å². The van der Waals surface area contributed by atoms with E-state index < -0.39 is 0 Å². The molecular weight excluding hydrogens is 344 g/mol. The van der Waals surface area contributed by atoms with Crippen LogP contribution in [0.3, 0.4) is 0 Å². The molecule has 2 amide bonds. The molecule has 0 saturated carbocycles. The standard InChI is InChI=1S/C20H24N4O3/c1-14-21-19(22-27-14)15-7-6-8-17(11-15)24-13-16(12-18(24)25)20(26)23-9-4-2-3-5-10-23/h6-8,11,16H,2-5,9-10,12-13H2,1H3. The summed E-state index contributed by atoms with van der Waals surface area (Å²) in [5.41, 5.74) is 1.56. The van der Waals surface area contributed by atoms with Gasteiger partial charge in [0.25, 0.3) is 0 Å². The Morgan fingerprint density at radius 3 is 2.67 bits per heavy atom. The van der Waals surface area contributed by atoms with Crippen molar-refractivity contribution in [3.05, 3.63) is 30.2 Å². The Balaban J connectivity index is 1.50. The zero-order chi connectivity index (χ0) is 18.8. The molecule has 0 spiro atoms. The van der Waals surface area contributed by atoms with Gasteiger partial charge in [0.05, 0.1) is 5.92 Å². The number of amides is 2. The number of hydrogen-bond donors (Lipinski definition) is 0. The fourth-order valence-electron chi connectivity index (χ4n) is 3.90. The molecule has 7 heteroatoms. The molecule has 1 aromatic heterocycles. The van der Waals surface area contributed by atoms with Crippen molar-refractivity contribution in [1.82, 2.24) is 15.0 Å². The lowest BCUT2D eigenvalue weighted by atomic mass is 10.1. The summed E-state index contributed by atoms with van der Waals surface area (Å²) < 4.78 is 5.04. The molecule has 2 aliphatic rings. The number of aryl methyl sites for hydroxylation is 1. The number of likely N-dealkylation sites (tertiary alicyclic amines) is 1. The van der Waals surface area contributed by atoms with Gasteiger partial charge >= 0.3 is 0 Å². The number of rotatable bonds is 3. The Bertz CT molecular complexity index is 839. The van der Waals surface area contributed by atoms with Crippen molar-refractivity contribution in [3.63, 3.8) is 0 Å². The van der Waals surface area contributed by atoms with Crippen molar-refractivity contribution < 1.29 is 14.1 Å². The molecule has 1 atom stereocenters. The van der Waals surface area contributed by atoms with E-state index >= 15 is 0 Å². The number of nitrogens with zero attached hydrogens (tertiary/aromatic N) is 4. The Hall–Kier alpha value is -2.70. The van der Waals surface area contributed by atoms with Crippen LogP contribution in [0, 0.1) is 12.8 Å². The fourth-order valence-corrected chi connectivity index (χ4v) is 3.90. The van der Waals surface area contributed by atoms with Crippen LogP contribution in [0.1, 0.15) is 38.0 Å². The largest absolute Gasteiger partial charge is 0.342 e. The van der Waals surface area contributed by atoms with Crippen LogP contribution in [0.2, 0.25) is 0 Å². The minimum absolute atomic E-state index is 0.00962. The fraction of sp³-hybridized carbons (Fsp3) is 0.500. The minimum Gasteiger partial charge on any atom is -0.342 e. The maximum atomic E-state index is 12.9. The first kappa shape index (κ1) is 17.7. The zero-order valence-electron chi connectivity index (χ0n) is 15.6. The number of hydrogen-bond acceptors (Lipinski definition) is 5. The quantitative estimate of drug-likeness (QED) is 0.832. The number of anilines is 1. The SMILES string of the molecule is Cc1nc(-c2cccc(N3CC(C(=O)N4CCCCCC4)CC3=O)c2)no1. The summed E-state index contributed by atoms with van der Waals surface area (Å²) in [6.45, 7) is 3.80. The van der Waals surface area contributed by atoms with Gasteiger partial charge in [-0.15, -0.1) is 0 Å². The smallest absolute Gasteiger partial charge is 0.228 e. The molecule has 0 N–H and O–H groups in total. The van der Waals surface area contributed by atoms with Crippen molar-refractivity contribution in [3.8, 4) is 11.4 Å². The van der Waals surface area contributed by atoms with Crippen LogP contribution in [0.4, 0.5) is 5.69 Å². The first-order valence-electron chi connectivity index (χ1n) is 9.62. The number of carbonyl (C=O) groups is 2. The van der Waals surface area contributed by atoms with Gasteiger partial charge < -0.3 is 14.3 Å². The van der Waals surface area contributed by atoms with Crippen LogP contribution in [0.5, 0.6) is 0 Å². The minimum atomic E-state index is -0.258. The normalized spacial score (nSPS) is 20.8. The molecule has 2 aromatic rings. The van der Waals surface area contributed by atoms with E-state index in [1.807, 2.05) is 29.2 Å². The zero-order valence-corrected chi connectivity index (χ0v) is 15.6. The van der Waals surface area contributed by atoms with E-state index in [0.29, 0.717) is 18.3 Å². The van der Waals surface area contributed by atoms with Crippen LogP contribution >= 0.6 is 0 Å². The Kier molecular flexibility index (Phi) is 4.92. The van der Waals surface area contributed by atoms with Gasteiger partial charge in [0, 0.05) is 44.2 Å². The lowest BCUT2D eigenvalue weighted by molar-refractivity contribution is -0.135. The maximum Gasteiger partial charge on any atom is 0.228 e. The molecular formula is C20H24N4O3. The van der Waals surface area contributed by atoms with Crippen LogP contribution in [0.15, 0.2) is 28.8 Å². The molecule has 7 nitrogen and oxygen atoms in total. The van der Waals surface area contributed by atoms with Gasteiger partial charge in [0.1, 0.15) is 0 Å². The van der Waals surface area contributed by atoms with Crippen molar-refractivity contribution in [1.29, 1.82) is 0 Å². The second-order valence-electron chi connectivity index (χ2n) is 7.33. The molecule has 27 heavy (non-hydrogen) atoms. The van der Waals surface area contributed by atoms with E-state index in [4.69, 9.17) is 4.52 Å². The van der Waals surface area contributed by atoms with Crippen molar-refractivity contribution in [2.45, 2.75) is 39.0 Å². The van der Waals surface area contributed by atoms with Crippen molar-refractivity contribution in [2.75, 3.05) is 24.5 Å². The van der Waals surface area contributed by atoms with Crippen LogP contribution in [0.25, 0.3) is 11.4 Å². The second kappa shape index (κ2) is 7.50. The average molecular weight is 368 g/mol. The summed E-state index contributed by atoms with van der Waals surface area (Å²) in [6, 6.07) is 7.51. The third-order valence-electron chi connectivity index (χ3n) is 5.34. The number of carbonyl (C=O) groups excluding carboxylic acids is 2. The van der Waals surface area contributed by atoms with Crippen LogP contribution in [-0.2, 0) is 9.59 Å². The first-order valence-corrected chi connectivity index (χ1v) is 9.62. The van der Waals surface area contributed by atoms with E-state index in [2.05, 4.69) is 10.1 Å². The third-order valence-corrected chi connectivity index (χ3v) is 5.34. The molecule has 2 aliphatic heterocycles. The lowest BCUT2D eigenvalue weighted by Crippen LogP contribution is -2.38. The second-order valence-corrected chi connectivity index (χ2v) is 7.33. The topological polar surface area (TPSA) is 79.5 Å². The highest BCUT2D eigenvalue weighted by atomic mass is 16.5. The molecule has 1 unspecified atom stereocenters. The van der Waals surface area contributed by atoms with Gasteiger partial charge in [-0.25, -0.2) is 0 Å². The predicted molar refractivity (Wildman–Crippen MR) is 100.0 cm³/mol. The monoisotopic (exact) mass is 368 g/mol. The van der Waals surface area contributed by atoms with Crippen molar-refractivity contribution >= 4 is 17.5 Å². The lowest BCUT2D eigenvalue weighted by Gasteiger charge is -2.24. The third kappa shape index (κ3) is 3.72. The molecule has 0 radical (unpaired) electrons. The van der Waals surface area contributed by atoms with E-state index in [9.17, 15) is 9.59 Å². The highest BCUT2D eigenvalue weighted by Gasteiger charge is 2.37. The summed E-state index contributed by atoms with van der Waals surface area (Å²) in [6.07, 6.45) is 4.76. The Labute approximate surface area is 158 Å².